The van der Waals surface area contributed by atoms with E-state index in [2.05, 4.69) is 0 Å². The quantitative estimate of drug-likeness (QED) is 0.944. The second kappa shape index (κ2) is 5.97. The first kappa shape index (κ1) is 16.3. The van der Waals surface area contributed by atoms with E-state index in [0.717, 1.165) is 17.0 Å². The molecule has 2 aromatic rings. The lowest BCUT2D eigenvalue weighted by atomic mass is 9.96. The Hall–Kier alpha value is -2.07. The first-order chi connectivity index (χ1) is 10.2. The molecule has 0 bridgehead atoms. The molecule has 1 aromatic carbocycles. The van der Waals surface area contributed by atoms with Gasteiger partial charge in [-0.3, -0.25) is 4.79 Å². The van der Waals surface area contributed by atoms with Gasteiger partial charge >= 0.3 is 0 Å². The van der Waals surface area contributed by atoms with Crippen LogP contribution in [-0.2, 0) is 12.6 Å². The molecule has 0 atom stereocenters. The monoisotopic (exact) mass is 300 g/mol. The summed E-state index contributed by atoms with van der Waals surface area (Å²) in [6, 6.07) is 11.5. The summed E-state index contributed by atoms with van der Waals surface area (Å²) in [5, 5.41) is 0. The number of para-hydroxylation sites is 1. The zero-order valence-corrected chi connectivity index (χ0v) is 13.9. The van der Waals surface area contributed by atoms with E-state index in [-0.39, 0.29) is 11.7 Å². The first-order valence-corrected chi connectivity index (χ1v) is 7.47. The minimum absolute atomic E-state index is 0.0698. The highest BCUT2D eigenvalue weighted by Crippen LogP contribution is 2.30. The molecule has 0 aliphatic carbocycles. The average molecular weight is 300 g/mol. The molecule has 0 radical (unpaired) electrons. The van der Waals surface area contributed by atoms with Crippen LogP contribution in [0.4, 0.5) is 0 Å². The predicted octanol–water partition coefficient (Wildman–Crippen LogP) is 3.03. The number of ether oxygens (including phenoxy) is 1. The van der Waals surface area contributed by atoms with Gasteiger partial charge in [-0.25, -0.2) is 0 Å². The van der Waals surface area contributed by atoms with E-state index in [1.54, 1.807) is 11.6 Å². The molecule has 1 aromatic heterocycles. The summed E-state index contributed by atoms with van der Waals surface area (Å²) < 4.78 is 7.48. The minimum atomic E-state index is -0.665. The smallest absolute Gasteiger partial charge is 0.255 e. The maximum Gasteiger partial charge on any atom is 0.255 e. The highest BCUT2D eigenvalue weighted by atomic mass is 16.5. The van der Waals surface area contributed by atoms with E-state index in [0.29, 0.717) is 5.56 Å². The van der Waals surface area contributed by atoms with Gasteiger partial charge in [0.05, 0.1) is 11.8 Å². The molecule has 22 heavy (non-hydrogen) atoms. The Kier molecular flexibility index (Phi) is 4.42. The number of nitrogens with two attached hydrogens (primary N) is 1. The standard InChI is InChI=1S/C18H24N2O2/c1-12(2)22-16-9-7-6-8-13(16)15-11-10-14(18(3,4)19)17(21)20(15)5/h6-12H,19H2,1-5H3. The van der Waals surface area contributed by atoms with Crippen molar-refractivity contribution in [1.82, 2.24) is 4.57 Å². The second-order valence-corrected chi connectivity index (χ2v) is 6.38. The molecule has 2 N–H and O–H groups in total. The largest absolute Gasteiger partial charge is 0.490 e. The van der Waals surface area contributed by atoms with Gasteiger partial charge < -0.3 is 15.0 Å². The zero-order chi connectivity index (χ0) is 16.5. The van der Waals surface area contributed by atoms with Crippen LogP contribution in [0.25, 0.3) is 11.3 Å². The van der Waals surface area contributed by atoms with Crippen molar-refractivity contribution in [2.24, 2.45) is 12.8 Å². The summed E-state index contributed by atoms with van der Waals surface area (Å²) in [5.41, 5.74) is 7.64. The number of aromatic nitrogens is 1. The number of rotatable bonds is 4. The molecule has 4 nitrogen and oxygen atoms in total. The number of nitrogens with zero attached hydrogens (tertiary/aromatic N) is 1. The fourth-order valence-electron chi connectivity index (χ4n) is 2.43. The number of benzene rings is 1. The van der Waals surface area contributed by atoms with Crippen LogP contribution in [0.3, 0.4) is 0 Å². The van der Waals surface area contributed by atoms with Crippen LogP contribution >= 0.6 is 0 Å². The van der Waals surface area contributed by atoms with Crippen LogP contribution in [0, 0.1) is 0 Å². The van der Waals surface area contributed by atoms with Gasteiger partial charge in [0.1, 0.15) is 5.75 Å². The van der Waals surface area contributed by atoms with Gasteiger partial charge in [0, 0.05) is 23.7 Å². The molecule has 4 heteroatoms. The Balaban J connectivity index is 2.61. The van der Waals surface area contributed by atoms with Crippen molar-refractivity contribution in [1.29, 1.82) is 0 Å². The fourth-order valence-corrected chi connectivity index (χ4v) is 2.43. The van der Waals surface area contributed by atoms with Crippen LogP contribution in [-0.4, -0.2) is 10.7 Å². The zero-order valence-electron chi connectivity index (χ0n) is 13.9. The lowest BCUT2D eigenvalue weighted by Gasteiger charge is -2.21. The maximum absolute atomic E-state index is 12.6. The van der Waals surface area contributed by atoms with Crippen LogP contribution in [0.5, 0.6) is 5.75 Å². The van der Waals surface area contributed by atoms with Crippen LogP contribution in [0.1, 0.15) is 33.3 Å². The summed E-state index contributed by atoms with van der Waals surface area (Å²) >= 11 is 0. The van der Waals surface area contributed by atoms with Crippen molar-refractivity contribution in [3.8, 4) is 17.0 Å². The molecule has 0 amide bonds. The second-order valence-electron chi connectivity index (χ2n) is 6.38. The fraction of sp³-hybridized carbons (Fsp3) is 0.389. The van der Waals surface area contributed by atoms with Gasteiger partial charge in [0.2, 0.25) is 0 Å². The normalized spacial score (nSPS) is 11.8. The van der Waals surface area contributed by atoms with Gasteiger partial charge in [-0.1, -0.05) is 12.1 Å². The Bertz CT molecular complexity index is 725. The number of pyridine rings is 1. The van der Waals surface area contributed by atoms with E-state index >= 15 is 0 Å². The Morgan fingerprint density at radius 2 is 1.77 bits per heavy atom. The van der Waals surface area contributed by atoms with Gasteiger partial charge in [-0.15, -0.1) is 0 Å². The van der Waals surface area contributed by atoms with Crippen molar-refractivity contribution in [2.45, 2.75) is 39.3 Å². The average Bonchev–Trinajstić information content (AvgIpc) is 2.41. The van der Waals surface area contributed by atoms with E-state index in [1.807, 2.05) is 64.1 Å². The number of hydrogen-bond donors (Lipinski definition) is 1. The summed E-state index contributed by atoms with van der Waals surface area (Å²) in [4.78, 5) is 12.6. The third-order valence-electron chi connectivity index (χ3n) is 3.52. The molecular formula is C18H24N2O2. The van der Waals surface area contributed by atoms with E-state index in [4.69, 9.17) is 10.5 Å². The van der Waals surface area contributed by atoms with E-state index in [9.17, 15) is 4.79 Å². The van der Waals surface area contributed by atoms with Crippen molar-refractivity contribution in [3.63, 3.8) is 0 Å². The Labute approximate surface area is 131 Å². The Morgan fingerprint density at radius 3 is 2.36 bits per heavy atom. The lowest BCUT2D eigenvalue weighted by molar-refractivity contribution is 0.243. The van der Waals surface area contributed by atoms with E-state index in [1.165, 1.54) is 0 Å². The summed E-state index contributed by atoms with van der Waals surface area (Å²) in [6.07, 6.45) is 0.0698. The molecule has 0 saturated heterocycles. The van der Waals surface area contributed by atoms with Crippen LogP contribution in [0.15, 0.2) is 41.2 Å². The highest BCUT2D eigenvalue weighted by Gasteiger charge is 2.20. The molecule has 0 spiro atoms. The van der Waals surface area contributed by atoms with Crippen molar-refractivity contribution in [2.75, 3.05) is 0 Å². The molecule has 0 aliphatic heterocycles. The molecule has 0 saturated carbocycles. The number of hydrogen-bond acceptors (Lipinski definition) is 3. The van der Waals surface area contributed by atoms with Gasteiger partial charge in [0.25, 0.3) is 5.56 Å². The third kappa shape index (κ3) is 3.22. The van der Waals surface area contributed by atoms with Crippen LogP contribution in [0.2, 0.25) is 0 Å². The predicted molar refractivity (Wildman–Crippen MR) is 90.1 cm³/mol. The SMILES string of the molecule is CC(C)Oc1ccccc1-c1ccc(C(C)(C)N)c(=O)n1C. The Morgan fingerprint density at radius 1 is 1.14 bits per heavy atom. The van der Waals surface area contributed by atoms with Gasteiger partial charge in [-0.05, 0) is 52.0 Å². The molecule has 2 rings (SSSR count). The van der Waals surface area contributed by atoms with Gasteiger partial charge in [-0.2, -0.15) is 0 Å². The maximum atomic E-state index is 12.6. The van der Waals surface area contributed by atoms with Crippen molar-refractivity contribution < 1.29 is 4.74 Å². The molecular weight excluding hydrogens is 276 g/mol. The van der Waals surface area contributed by atoms with Crippen molar-refractivity contribution >= 4 is 0 Å². The minimum Gasteiger partial charge on any atom is -0.490 e. The third-order valence-corrected chi connectivity index (χ3v) is 3.52. The highest BCUT2D eigenvalue weighted by molar-refractivity contribution is 5.67. The summed E-state index contributed by atoms with van der Waals surface area (Å²) in [7, 11) is 1.76. The topological polar surface area (TPSA) is 57.2 Å². The summed E-state index contributed by atoms with van der Waals surface area (Å²) in [5.74, 6) is 0.771. The van der Waals surface area contributed by atoms with Crippen molar-refractivity contribution in [3.05, 3.63) is 52.3 Å². The van der Waals surface area contributed by atoms with Crippen LogP contribution < -0.4 is 16.0 Å². The first-order valence-electron chi connectivity index (χ1n) is 7.47. The molecule has 118 valence electrons. The lowest BCUT2D eigenvalue weighted by Crippen LogP contribution is -2.37. The molecule has 0 fully saturated rings. The molecule has 1 heterocycles. The molecule has 0 unspecified atom stereocenters. The van der Waals surface area contributed by atoms with Gasteiger partial charge in [0.15, 0.2) is 0 Å². The van der Waals surface area contributed by atoms with E-state index < -0.39 is 5.54 Å². The summed E-state index contributed by atoms with van der Waals surface area (Å²) in [6.45, 7) is 7.63. The molecule has 0 aliphatic rings.